The molecule has 2 radical (unpaired) electrons. The smallest absolute Gasteiger partial charge is 0.335 e. The predicted octanol–water partition coefficient (Wildman–Crippen LogP) is 2.19. The van der Waals surface area contributed by atoms with E-state index in [2.05, 4.69) is 0 Å². The number of carboxylic acids is 1. The van der Waals surface area contributed by atoms with Crippen LogP contribution in [0.25, 0.3) is 0 Å². The molecule has 134 valence electrons. The number of carboxylic acid groups (broad SMARTS) is 1. The molecule has 7 nitrogen and oxygen atoms in total. The van der Waals surface area contributed by atoms with Gasteiger partial charge in [-0.1, -0.05) is 19.9 Å². The van der Waals surface area contributed by atoms with E-state index in [1.54, 1.807) is 18.2 Å². The van der Waals surface area contributed by atoms with Gasteiger partial charge in [0.1, 0.15) is 11.5 Å². The van der Waals surface area contributed by atoms with E-state index in [9.17, 15) is 14.7 Å². The lowest BCUT2D eigenvalue weighted by Crippen LogP contribution is -2.43. The Kier molecular flexibility index (Phi) is 5.95. The SMILES string of the molecule is [B]C(=O)N1C(c2c(OC)cccc2OC)OC(C(=O)O)[C@@H]1CC(C)C. The zero-order chi connectivity index (χ0) is 18.7. The second-order valence-electron chi connectivity index (χ2n) is 6.27. The van der Waals surface area contributed by atoms with Crippen LogP contribution in [0.2, 0.25) is 0 Å². The van der Waals surface area contributed by atoms with Crippen molar-refractivity contribution >= 4 is 19.6 Å². The summed E-state index contributed by atoms with van der Waals surface area (Å²) < 4.78 is 16.5. The van der Waals surface area contributed by atoms with Gasteiger partial charge in [-0.25, -0.2) is 4.79 Å². The average molecular weight is 347 g/mol. The van der Waals surface area contributed by atoms with Gasteiger partial charge in [0.05, 0.1) is 25.8 Å². The third kappa shape index (κ3) is 3.73. The maximum Gasteiger partial charge on any atom is 0.335 e. The highest BCUT2D eigenvalue weighted by atomic mass is 16.6. The average Bonchev–Trinajstić information content (AvgIpc) is 2.92. The fourth-order valence-corrected chi connectivity index (χ4v) is 3.17. The Morgan fingerprint density at radius 1 is 1.28 bits per heavy atom. The van der Waals surface area contributed by atoms with Crippen molar-refractivity contribution < 1.29 is 28.9 Å². The first-order valence-electron chi connectivity index (χ1n) is 7.98. The molecular weight excluding hydrogens is 325 g/mol. The van der Waals surface area contributed by atoms with E-state index in [0.29, 0.717) is 23.5 Å². The van der Waals surface area contributed by atoms with Gasteiger partial charge in [-0.2, -0.15) is 0 Å². The largest absolute Gasteiger partial charge is 0.496 e. The van der Waals surface area contributed by atoms with E-state index >= 15 is 0 Å². The first-order valence-corrected chi connectivity index (χ1v) is 7.98. The van der Waals surface area contributed by atoms with E-state index in [1.807, 2.05) is 13.8 Å². The van der Waals surface area contributed by atoms with Crippen molar-refractivity contribution in [3.05, 3.63) is 23.8 Å². The molecule has 1 heterocycles. The molecule has 8 heteroatoms. The molecule has 0 saturated carbocycles. The summed E-state index contributed by atoms with van der Waals surface area (Å²) >= 11 is 0. The van der Waals surface area contributed by atoms with Gasteiger partial charge in [0.2, 0.25) is 7.85 Å². The van der Waals surface area contributed by atoms with E-state index < -0.39 is 30.1 Å². The van der Waals surface area contributed by atoms with E-state index in [0.717, 1.165) is 0 Å². The fraction of sp³-hybridized carbons (Fsp3) is 0.529. The Labute approximate surface area is 148 Å². The van der Waals surface area contributed by atoms with E-state index in [-0.39, 0.29) is 5.92 Å². The molecule has 1 aromatic carbocycles. The highest BCUT2D eigenvalue weighted by molar-refractivity contribution is 6.57. The van der Waals surface area contributed by atoms with Crippen molar-refractivity contribution in [1.29, 1.82) is 0 Å². The number of amides is 1. The van der Waals surface area contributed by atoms with Gasteiger partial charge >= 0.3 is 5.97 Å². The van der Waals surface area contributed by atoms with E-state index in [1.165, 1.54) is 19.1 Å². The molecule has 1 aliphatic rings. The number of aliphatic carboxylic acids is 1. The number of carbonyl (C=O) groups excluding carboxylic acids is 1. The number of hydrogen-bond acceptors (Lipinski definition) is 5. The van der Waals surface area contributed by atoms with Crippen LogP contribution in [0.5, 0.6) is 11.5 Å². The standard InChI is InChI=1S/C17H22BNO6/c1-9(2)8-10-14(16(20)21)25-15(19(10)17(18)22)13-11(23-3)6-5-7-12(13)24-4/h5-7,9-10,14-15H,8H2,1-4H3,(H,20,21)/t10-,14?,15?/m0/s1. The molecule has 1 saturated heterocycles. The maximum atomic E-state index is 12.1. The van der Waals surface area contributed by atoms with Crippen LogP contribution in [0, 0.1) is 5.92 Å². The van der Waals surface area contributed by atoms with Crippen LogP contribution in [-0.4, -0.2) is 56.0 Å². The quantitative estimate of drug-likeness (QED) is 0.794. The summed E-state index contributed by atoms with van der Waals surface area (Å²) in [5, 5.41) is 9.55. The third-order valence-electron chi connectivity index (χ3n) is 4.16. The monoisotopic (exact) mass is 347 g/mol. The van der Waals surface area contributed by atoms with Gasteiger partial charge in [-0.05, 0) is 24.5 Å². The molecule has 0 spiro atoms. The lowest BCUT2D eigenvalue weighted by molar-refractivity contribution is -0.150. The van der Waals surface area contributed by atoms with Crippen molar-refractivity contribution in [2.75, 3.05) is 14.2 Å². The maximum absolute atomic E-state index is 12.1. The number of carbonyl (C=O) groups is 2. The van der Waals surface area contributed by atoms with E-state index in [4.69, 9.17) is 22.1 Å². The molecule has 0 aromatic heterocycles. The van der Waals surface area contributed by atoms with Crippen molar-refractivity contribution in [2.24, 2.45) is 5.92 Å². The van der Waals surface area contributed by atoms with Crippen LogP contribution in [-0.2, 0) is 9.53 Å². The van der Waals surface area contributed by atoms with Gasteiger partial charge in [0, 0.05) is 0 Å². The lowest BCUT2D eigenvalue weighted by atomic mass is 9.95. The second kappa shape index (κ2) is 7.78. The molecule has 0 aliphatic carbocycles. The number of ether oxygens (including phenoxy) is 3. The number of rotatable bonds is 6. The highest BCUT2D eigenvalue weighted by Crippen LogP contribution is 2.44. The highest BCUT2D eigenvalue weighted by Gasteiger charge is 2.49. The fourth-order valence-electron chi connectivity index (χ4n) is 3.17. The van der Waals surface area contributed by atoms with Gasteiger partial charge in [-0.15, -0.1) is 0 Å². The topological polar surface area (TPSA) is 85.3 Å². The predicted molar refractivity (Wildman–Crippen MR) is 91.0 cm³/mol. The normalized spacial score (nSPS) is 22.9. The minimum absolute atomic E-state index is 0.149. The molecule has 2 unspecified atom stereocenters. The zero-order valence-corrected chi connectivity index (χ0v) is 14.8. The second-order valence-corrected chi connectivity index (χ2v) is 6.27. The summed E-state index contributed by atoms with van der Waals surface area (Å²) in [6.07, 6.45) is -1.75. The molecule has 3 atom stereocenters. The molecule has 1 fully saturated rings. The number of methoxy groups -OCH3 is 2. The first kappa shape index (κ1) is 19.1. The Morgan fingerprint density at radius 3 is 2.24 bits per heavy atom. The van der Waals surface area contributed by atoms with Crippen LogP contribution in [0.4, 0.5) is 4.79 Å². The van der Waals surface area contributed by atoms with Crippen LogP contribution in [0.1, 0.15) is 32.1 Å². The summed E-state index contributed by atoms with van der Waals surface area (Å²) in [5.41, 5.74) is 0.434. The molecule has 25 heavy (non-hydrogen) atoms. The molecular formula is C17H22BNO6. The van der Waals surface area contributed by atoms with Crippen LogP contribution in [0.15, 0.2) is 18.2 Å². The Bertz CT molecular complexity index is 628. The van der Waals surface area contributed by atoms with Crippen LogP contribution < -0.4 is 9.47 Å². The Balaban J connectivity index is 2.57. The van der Waals surface area contributed by atoms with Crippen molar-refractivity contribution in [3.63, 3.8) is 0 Å². The van der Waals surface area contributed by atoms with Crippen molar-refractivity contribution in [1.82, 2.24) is 4.90 Å². The van der Waals surface area contributed by atoms with Crippen molar-refractivity contribution in [2.45, 2.75) is 38.6 Å². The van der Waals surface area contributed by atoms with Crippen LogP contribution >= 0.6 is 0 Å². The van der Waals surface area contributed by atoms with Gasteiger partial charge < -0.3 is 24.2 Å². The molecule has 1 aromatic rings. The summed E-state index contributed by atoms with van der Waals surface area (Å²) in [5.74, 6) is -0.911. The van der Waals surface area contributed by atoms with Crippen molar-refractivity contribution in [3.8, 4) is 11.5 Å². The summed E-state index contributed by atoms with van der Waals surface area (Å²) in [4.78, 5) is 25.1. The summed E-state index contributed by atoms with van der Waals surface area (Å²) in [6.45, 7) is 3.88. The number of benzene rings is 1. The Morgan fingerprint density at radius 2 is 1.84 bits per heavy atom. The summed E-state index contributed by atoms with van der Waals surface area (Å²) in [6, 6.07) is 4.41. The Hall–Kier alpha value is -2.22. The molecule has 1 aliphatic heterocycles. The number of hydrogen-bond donors (Lipinski definition) is 1. The minimum Gasteiger partial charge on any atom is -0.496 e. The molecule has 1 N–H and O–H groups in total. The van der Waals surface area contributed by atoms with Gasteiger partial charge in [0.25, 0.3) is 0 Å². The molecule has 2 rings (SSSR count). The first-order chi connectivity index (χ1) is 11.8. The third-order valence-corrected chi connectivity index (χ3v) is 4.16. The molecule has 0 bridgehead atoms. The van der Waals surface area contributed by atoms with Gasteiger partial charge in [-0.3, -0.25) is 4.79 Å². The molecule has 1 amide bonds. The zero-order valence-electron chi connectivity index (χ0n) is 14.8. The van der Waals surface area contributed by atoms with Gasteiger partial charge in [0.15, 0.2) is 18.1 Å². The minimum atomic E-state index is -1.19. The lowest BCUT2D eigenvalue weighted by Gasteiger charge is -2.30. The summed E-state index contributed by atoms with van der Waals surface area (Å²) in [7, 11) is 8.52. The number of nitrogens with zero attached hydrogens (tertiary/aromatic N) is 1. The van der Waals surface area contributed by atoms with Crippen LogP contribution in [0.3, 0.4) is 0 Å².